The van der Waals surface area contributed by atoms with Gasteiger partial charge < -0.3 is 5.11 Å². The van der Waals surface area contributed by atoms with Gasteiger partial charge in [-0.3, -0.25) is 19.4 Å². The van der Waals surface area contributed by atoms with Gasteiger partial charge in [0.2, 0.25) is 11.8 Å². The number of amides is 2. The number of nitrogens with zero attached hydrogens (tertiary/aromatic N) is 2. The van der Waals surface area contributed by atoms with Crippen LogP contribution in [0.2, 0.25) is 0 Å². The Morgan fingerprint density at radius 2 is 1.83 bits per heavy atom. The predicted octanol–water partition coefficient (Wildman–Crippen LogP) is 1.22. The number of rotatable bonds is 4. The predicted molar refractivity (Wildman–Crippen MR) is 77.2 cm³/mol. The van der Waals surface area contributed by atoms with E-state index in [0.717, 1.165) is 18.2 Å². The molecule has 1 aromatic rings. The Hall–Kier alpha value is -1.86. The van der Waals surface area contributed by atoms with Gasteiger partial charge in [0.1, 0.15) is 11.6 Å². The lowest BCUT2D eigenvalue weighted by molar-refractivity contribution is -0.138. The molecule has 0 aromatic heterocycles. The summed E-state index contributed by atoms with van der Waals surface area (Å²) in [5.74, 6) is -1.47. The van der Waals surface area contributed by atoms with Crippen molar-refractivity contribution in [1.29, 1.82) is 0 Å². The van der Waals surface area contributed by atoms with E-state index < -0.39 is 23.8 Å². The van der Waals surface area contributed by atoms with Crippen LogP contribution >= 0.6 is 0 Å². The minimum absolute atomic E-state index is 0.195. The highest BCUT2D eigenvalue weighted by Crippen LogP contribution is 2.33. The zero-order chi connectivity index (χ0) is 16.6. The topological polar surface area (TPSA) is 60.9 Å². The van der Waals surface area contributed by atoms with Crippen molar-refractivity contribution in [3.63, 3.8) is 0 Å². The van der Waals surface area contributed by atoms with Gasteiger partial charge in [0.05, 0.1) is 6.10 Å². The zero-order valence-electron chi connectivity index (χ0n) is 12.5. The third-order valence-electron chi connectivity index (χ3n) is 4.46. The molecule has 2 aliphatic heterocycles. The lowest BCUT2D eigenvalue weighted by atomic mass is 10.0. The first-order chi connectivity index (χ1) is 11.0. The summed E-state index contributed by atoms with van der Waals surface area (Å²) in [7, 11) is 0. The number of aliphatic hydroxyl groups excluding tert-OH is 1. The maximum Gasteiger partial charge on any atom is 0.229 e. The molecule has 124 valence electrons. The molecule has 2 fully saturated rings. The van der Waals surface area contributed by atoms with Crippen molar-refractivity contribution in [2.75, 3.05) is 19.6 Å². The van der Waals surface area contributed by atoms with Crippen LogP contribution in [0.25, 0.3) is 0 Å². The summed E-state index contributed by atoms with van der Waals surface area (Å²) < 4.78 is 27.4. The largest absolute Gasteiger partial charge is 0.392 e. The van der Waals surface area contributed by atoms with Gasteiger partial charge in [-0.1, -0.05) is 0 Å². The van der Waals surface area contributed by atoms with Crippen LogP contribution < -0.4 is 0 Å². The Morgan fingerprint density at radius 1 is 1.13 bits per heavy atom. The summed E-state index contributed by atoms with van der Waals surface area (Å²) in [6.45, 7) is 0.837. The molecule has 2 heterocycles. The van der Waals surface area contributed by atoms with Gasteiger partial charge >= 0.3 is 0 Å². The van der Waals surface area contributed by atoms with Gasteiger partial charge in [-0.25, -0.2) is 8.78 Å². The third-order valence-corrected chi connectivity index (χ3v) is 4.46. The maximum absolute atomic E-state index is 14.0. The Kier molecular flexibility index (Phi) is 4.41. The van der Waals surface area contributed by atoms with Crippen molar-refractivity contribution in [3.05, 3.63) is 35.4 Å². The highest BCUT2D eigenvalue weighted by Gasteiger charge is 2.35. The van der Waals surface area contributed by atoms with Crippen molar-refractivity contribution in [2.45, 2.75) is 31.4 Å². The number of imide groups is 1. The molecule has 3 rings (SSSR count). The van der Waals surface area contributed by atoms with E-state index >= 15 is 0 Å². The first-order valence-corrected chi connectivity index (χ1v) is 7.66. The van der Waals surface area contributed by atoms with Crippen LogP contribution in [0.3, 0.4) is 0 Å². The smallest absolute Gasteiger partial charge is 0.229 e. The second-order valence-electron chi connectivity index (χ2n) is 6.01. The second-order valence-corrected chi connectivity index (χ2v) is 6.01. The third kappa shape index (κ3) is 3.25. The van der Waals surface area contributed by atoms with Crippen LogP contribution in [0.4, 0.5) is 8.78 Å². The van der Waals surface area contributed by atoms with E-state index in [0.29, 0.717) is 19.5 Å². The number of β-amino-alcohol motifs (C(OH)–C–C–N with tert-alkyl or cyclic N) is 1. The molecular formula is C16H18F2N2O3. The standard InChI is InChI=1S/C16H18F2N2O3/c17-10-1-2-13(18)12(7-10)14-8-11(21)9-19(14)5-6-20-15(22)3-4-16(20)23/h1-2,7,11,14,21H,3-6,8-9H2/t11-,14-/m1/s1. The van der Waals surface area contributed by atoms with E-state index in [1.165, 1.54) is 4.90 Å². The van der Waals surface area contributed by atoms with Gasteiger partial charge in [-0.05, 0) is 24.6 Å². The van der Waals surface area contributed by atoms with Gasteiger partial charge in [0, 0.05) is 44.1 Å². The zero-order valence-corrected chi connectivity index (χ0v) is 12.5. The van der Waals surface area contributed by atoms with E-state index in [1.54, 1.807) is 4.90 Å². The number of hydrogen-bond acceptors (Lipinski definition) is 4. The number of aliphatic hydroxyl groups is 1. The molecule has 2 atom stereocenters. The molecule has 2 aliphatic rings. The molecule has 7 heteroatoms. The first kappa shape index (κ1) is 16.0. The van der Waals surface area contributed by atoms with Crippen LogP contribution in [0.5, 0.6) is 0 Å². The lowest BCUT2D eigenvalue weighted by Crippen LogP contribution is -2.38. The van der Waals surface area contributed by atoms with Crippen LogP contribution in [0.1, 0.15) is 30.9 Å². The molecule has 0 aliphatic carbocycles. The fourth-order valence-electron chi connectivity index (χ4n) is 3.32. The van der Waals surface area contributed by atoms with Crippen molar-refractivity contribution < 1.29 is 23.5 Å². The Balaban J connectivity index is 1.73. The number of likely N-dealkylation sites (tertiary alicyclic amines) is 2. The summed E-state index contributed by atoms with van der Waals surface area (Å²) in [5, 5.41) is 9.88. The average Bonchev–Trinajstić information content (AvgIpc) is 3.03. The molecule has 2 saturated heterocycles. The molecule has 0 saturated carbocycles. The first-order valence-electron chi connectivity index (χ1n) is 7.66. The van der Waals surface area contributed by atoms with E-state index in [2.05, 4.69) is 0 Å². The number of carbonyl (C=O) groups is 2. The quantitative estimate of drug-likeness (QED) is 0.846. The average molecular weight is 324 g/mol. The Morgan fingerprint density at radius 3 is 2.52 bits per heavy atom. The molecule has 0 radical (unpaired) electrons. The van der Waals surface area contributed by atoms with E-state index in [1.807, 2.05) is 0 Å². The van der Waals surface area contributed by atoms with E-state index in [9.17, 15) is 23.5 Å². The Bertz CT molecular complexity index is 622. The van der Waals surface area contributed by atoms with Crippen LogP contribution in [0, 0.1) is 11.6 Å². The minimum Gasteiger partial charge on any atom is -0.392 e. The SMILES string of the molecule is O=C1CCC(=O)N1CCN1C[C@H](O)C[C@@H]1c1cc(F)ccc1F. The summed E-state index contributed by atoms with van der Waals surface area (Å²) in [6, 6.07) is 2.79. The Labute approximate surface area is 132 Å². The fourth-order valence-corrected chi connectivity index (χ4v) is 3.32. The van der Waals surface area contributed by atoms with Crippen LogP contribution in [-0.2, 0) is 9.59 Å². The van der Waals surface area contributed by atoms with Crippen LogP contribution in [0.15, 0.2) is 18.2 Å². The van der Waals surface area contributed by atoms with Gasteiger partial charge in [0.25, 0.3) is 0 Å². The number of halogens is 2. The van der Waals surface area contributed by atoms with Crippen molar-refractivity contribution in [1.82, 2.24) is 9.80 Å². The normalized spacial score (nSPS) is 25.6. The molecule has 0 bridgehead atoms. The highest BCUT2D eigenvalue weighted by atomic mass is 19.1. The van der Waals surface area contributed by atoms with Crippen molar-refractivity contribution in [3.8, 4) is 0 Å². The molecule has 0 spiro atoms. The molecule has 0 unspecified atom stereocenters. The van der Waals surface area contributed by atoms with E-state index in [-0.39, 0.29) is 36.8 Å². The second kappa shape index (κ2) is 6.33. The summed E-state index contributed by atoms with van der Waals surface area (Å²) >= 11 is 0. The monoisotopic (exact) mass is 324 g/mol. The molecule has 1 aromatic carbocycles. The molecule has 23 heavy (non-hydrogen) atoms. The molecule has 2 amide bonds. The molecule has 5 nitrogen and oxygen atoms in total. The maximum atomic E-state index is 14.0. The number of benzene rings is 1. The fraction of sp³-hybridized carbons (Fsp3) is 0.500. The summed E-state index contributed by atoms with van der Waals surface area (Å²) in [6.07, 6.45) is 0.0994. The van der Waals surface area contributed by atoms with Gasteiger partial charge in [-0.2, -0.15) is 0 Å². The van der Waals surface area contributed by atoms with E-state index in [4.69, 9.17) is 0 Å². The van der Waals surface area contributed by atoms with Crippen molar-refractivity contribution in [2.24, 2.45) is 0 Å². The minimum atomic E-state index is -0.646. The van der Waals surface area contributed by atoms with Crippen molar-refractivity contribution >= 4 is 11.8 Å². The summed E-state index contributed by atoms with van der Waals surface area (Å²) in [5.41, 5.74) is 0.195. The van der Waals surface area contributed by atoms with Gasteiger partial charge in [-0.15, -0.1) is 0 Å². The number of carbonyl (C=O) groups excluding carboxylic acids is 2. The summed E-state index contributed by atoms with van der Waals surface area (Å²) in [4.78, 5) is 26.3. The highest BCUT2D eigenvalue weighted by molar-refractivity contribution is 6.01. The lowest BCUT2D eigenvalue weighted by Gasteiger charge is -2.26. The molecule has 1 N–H and O–H groups in total. The van der Waals surface area contributed by atoms with Gasteiger partial charge in [0.15, 0.2) is 0 Å². The number of hydrogen-bond donors (Lipinski definition) is 1. The molecular weight excluding hydrogens is 306 g/mol. The van der Waals surface area contributed by atoms with Crippen LogP contribution in [-0.4, -0.2) is 52.5 Å².